The van der Waals surface area contributed by atoms with E-state index in [0.717, 1.165) is 25.9 Å². The molecule has 1 heterocycles. The minimum atomic E-state index is -2.81. The molecule has 0 saturated carbocycles. The van der Waals surface area contributed by atoms with Crippen molar-refractivity contribution in [3.63, 3.8) is 0 Å². The first-order valence-electron chi connectivity index (χ1n) is 6.16. The summed E-state index contributed by atoms with van der Waals surface area (Å²) in [7, 11) is -0.670. The van der Waals surface area contributed by atoms with E-state index in [1.54, 1.807) is 6.92 Å². The molecule has 1 aliphatic heterocycles. The molecular weight excluding hydrogens is 224 g/mol. The number of likely N-dealkylation sites (tertiary alicyclic amines) is 1. The molecule has 1 aliphatic rings. The third-order valence-electron chi connectivity index (χ3n) is 3.24. The Hall–Kier alpha value is -0.130. The van der Waals surface area contributed by atoms with E-state index in [1.165, 1.54) is 6.42 Å². The van der Waals surface area contributed by atoms with Crippen LogP contribution in [0.25, 0.3) is 0 Å². The van der Waals surface area contributed by atoms with Crippen LogP contribution in [-0.4, -0.2) is 57.5 Å². The fourth-order valence-corrected chi connectivity index (χ4v) is 2.72. The quantitative estimate of drug-likeness (QED) is 0.769. The van der Waals surface area contributed by atoms with Crippen molar-refractivity contribution >= 4 is 9.84 Å². The Labute approximate surface area is 99.3 Å². The number of hydrogen-bond donors (Lipinski definition) is 1. The lowest BCUT2D eigenvalue weighted by molar-refractivity contribution is 0.344. The lowest BCUT2D eigenvalue weighted by Crippen LogP contribution is -2.34. The summed E-state index contributed by atoms with van der Waals surface area (Å²) in [5.41, 5.74) is 0. The minimum Gasteiger partial charge on any atom is -0.313 e. The first-order chi connectivity index (χ1) is 7.53. The summed E-state index contributed by atoms with van der Waals surface area (Å²) in [6.07, 6.45) is 3.49. The van der Waals surface area contributed by atoms with Crippen LogP contribution in [0.3, 0.4) is 0 Å². The van der Waals surface area contributed by atoms with Crippen LogP contribution in [0.5, 0.6) is 0 Å². The fourth-order valence-electron chi connectivity index (χ4n) is 2.01. The number of nitrogens with zero attached hydrogens (tertiary/aromatic N) is 1. The molecule has 1 unspecified atom stereocenters. The Balaban J connectivity index is 2.22. The second kappa shape index (κ2) is 6.57. The van der Waals surface area contributed by atoms with E-state index >= 15 is 0 Å². The van der Waals surface area contributed by atoms with Crippen molar-refractivity contribution in [2.75, 3.05) is 38.2 Å². The Morgan fingerprint density at radius 1 is 1.31 bits per heavy atom. The monoisotopic (exact) mass is 248 g/mol. The van der Waals surface area contributed by atoms with Crippen LogP contribution in [0.15, 0.2) is 0 Å². The van der Waals surface area contributed by atoms with Gasteiger partial charge in [0.1, 0.15) is 0 Å². The second-order valence-electron chi connectivity index (χ2n) is 4.62. The van der Waals surface area contributed by atoms with Crippen LogP contribution in [0, 0.1) is 0 Å². The van der Waals surface area contributed by atoms with E-state index < -0.39 is 9.84 Å². The van der Waals surface area contributed by atoms with Gasteiger partial charge in [-0.1, -0.05) is 6.92 Å². The number of rotatable bonds is 5. The van der Waals surface area contributed by atoms with Crippen molar-refractivity contribution in [3.05, 3.63) is 0 Å². The standard InChI is InChI=1S/C11H24N2O2S/c1-3-16(14,15)10-7-12-11-5-4-8-13(2)9-6-11/h11-12H,3-10H2,1-2H3. The summed E-state index contributed by atoms with van der Waals surface area (Å²) in [6, 6.07) is 0.497. The number of nitrogens with one attached hydrogen (secondary N) is 1. The molecule has 0 radical (unpaired) electrons. The van der Waals surface area contributed by atoms with E-state index in [2.05, 4.69) is 17.3 Å². The maximum Gasteiger partial charge on any atom is 0.151 e. The highest BCUT2D eigenvalue weighted by Gasteiger charge is 2.15. The average Bonchev–Trinajstić information content (AvgIpc) is 2.44. The van der Waals surface area contributed by atoms with Gasteiger partial charge in [0.05, 0.1) is 5.75 Å². The fraction of sp³-hybridized carbons (Fsp3) is 1.00. The highest BCUT2D eigenvalue weighted by molar-refractivity contribution is 7.91. The molecule has 0 aliphatic carbocycles. The summed E-state index contributed by atoms with van der Waals surface area (Å²) in [4.78, 5) is 2.34. The molecule has 0 amide bonds. The first kappa shape index (κ1) is 13.9. The van der Waals surface area contributed by atoms with Crippen molar-refractivity contribution in [2.45, 2.75) is 32.2 Å². The molecule has 0 aromatic heterocycles. The predicted molar refractivity (Wildman–Crippen MR) is 67.5 cm³/mol. The number of sulfone groups is 1. The highest BCUT2D eigenvalue weighted by atomic mass is 32.2. The van der Waals surface area contributed by atoms with E-state index in [0.29, 0.717) is 12.6 Å². The molecule has 0 aromatic carbocycles. The zero-order chi connectivity index (χ0) is 12.0. The van der Waals surface area contributed by atoms with E-state index in [-0.39, 0.29) is 11.5 Å². The van der Waals surface area contributed by atoms with Gasteiger partial charge in [0.2, 0.25) is 0 Å². The molecule has 0 aromatic rings. The van der Waals surface area contributed by atoms with Crippen molar-refractivity contribution in [3.8, 4) is 0 Å². The maximum absolute atomic E-state index is 11.3. The molecule has 1 N–H and O–H groups in total. The third kappa shape index (κ3) is 5.27. The van der Waals surface area contributed by atoms with Crippen LogP contribution in [0.1, 0.15) is 26.2 Å². The maximum atomic E-state index is 11.3. The molecule has 1 saturated heterocycles. The van der Waals surface area contributed by atoms with Crippen molar-refractivity contribution < 1.29 is 8.42 Å². The van der Waals surface area contributed by atoms with Gasteiger partial charge in [0.25, 0.3) is 0 Å². The Morgan fingerprint density at radius 3 is 2.75 bits per heavy atom. The lowest BCUT2D eigenvalue weighted by atomic mass is 10.1. The largest absolute Gasteiger partial charge is 0.313 e. The van der Waals surface area contributed by atoms with Gasteiger partial charge in [0, 0.05) is 18.3 Å². The molecule has 1 fully saturated rings. The lowest BCUT2D eigenvalue weighted by Gasteiger charge is -2.16. The van der Waals surface area contributed by atoms with Crippen molar-refractivity contribution in [1.82, 2.24) is 10.2 Å². The van der Waals surface area contributed by atoms with Gasteiger partial charge in [-0.25, -0.2) is 8.42 Å². The topological polar surface area (TPSA) is 49.4 Å². The third-order valence-corrected chi connectivity index (χ3v) is 4.94. The van der Waals surface area contributed by atoms with Crippen molar-refractivity contribution in [2.24, 2.45) is 0 Å². The molecule has 0 bridgehead atoms. The van der Waals surface area contributed by atoms with E-state index in [9.17, 15) is 8.42 Å². The second-order valence-corrected chi connectivity index (χ2v) is 7.09. The zero-order valence-corrected chi connectivity index (χ0v) is 11.2. The summed E-state index contributed by atoms with van der Waals surface area (Å²) >= 11 is 0. The summed E-state index contributed by atoms with van der Waals surface area (Å²) in [5, 5.41) is 3.37. The highest BCUT2D eigenvalue weighted by Crippen LogP contribution is 2.09. The molecule has 1 rings (SSSR count). The van der Waals surface area contributed by atoms with Crippen LogP contribution in [-0.2, 0) is 9.84 Å². The van der Waals surface area contributed by atoms with Gasteiger partial charge in [-0.05, 0) is 39.4 Å². The summed E-state index contributed by atoms with van der Waals surface area (Å²) < 4.78 is 22.6. The average molecular weight is 248 g/mol. The van der Waals surface area contributed by atoms with Crippen LogP contribution >= 0.6 is 0 Å². The van der Waals surface area contributed by atoms with Crippen molar-refractivity contribution in [1.29, 1.82) is 0 Å². The summed E-state index contributed by atoms with van der Waals surface area (Å²) in [5.74, 6) is 0.526. The van der Waals surface area contributed by atoms with Crippen LogP contribution in [0.2, 0.25) is 0 Å². The van der Waals surface area contributed by atoms with Crippen LogP contribution < -0.4 is 5.32 Å². The zero-order valence-electron chi connectivity index (χ0n) is 10.4. The molecule has 1 atom stereocenters. The Bertz CT molecular complexity index is 290. The minimum absolute atomic E-state index is 0.252. The van der Waals surface area contributed by atoms with Gasteiger partial charge < -0.3 is 10.2 Å². The SMILES string of the molecule is CCS(=O)(=O)CCNC1CCCN(C)CC1. The van der Waals surface area contributed by atoms with Gasteiger partial charge in [-0.3, -0.25) is 0 Å². The Kier molecular flexibility index (Phi) is 5.72. The normalized spacial score (nSPS) is 24.2. The van der Waals surface area contributed by atoms with E-state index in [4.69, 9.17) is 0 Å². The van der Waals surface area contributed by atoms with Gasteiger partial charge >= 0.3 is 0 Å². The smallest absolute Gasteiger partial charge is 0.151 e. The first-order valence-corrected chi connectivity index (χ1v) is 7.98. The van der Waals surface area contributed by atoms with Gasteiger partial charge in [-0.15, -0.1) is 0 Å². The van der Waals surface area contributed by atoms with E-state index in [1.807, 2.05) is 0 Å². The molecule has 16 heavy (non-hydrogen) atoms. The molecule has 0 spiro atoms. The predicted octanol–water partition coefficient (Wildman–Crippen LogP) is 0.495. The molecule has 5 heteroatoms. The molecular formula is C11H24N2O2S. The molecule has 96 valence electrons. The Morgan fingerprint density at radius 2 is 2.06 bits per heavy atom. The van der Waals surface area contributed by atoms with Gasteiger partial charge in [-0.2, -0.15) is 0 Å². The molecule has 4 nitrogen and oxygen atoms in total. The summed E-state index contributed by atoms with van der Waals surface area (Å²) in [6.45, 7) is 4.57. The van der Waals surface area contributed by atoms with Crippen LogP contribution in [0.4, 0.5) is 0 Å². The number of hydrogen-bond acceptors (Lipinski definition) is 4. The van der Waals surface area contributed by atoms with Gasteiger partial charge in [0.15, 0.2) is 9.84 Å².